The van der Waals surface area contributed by atoms with E-state index in [0.29, 0.717) is 36.0 Å². The lowest BCUT2D eigenvalue weighted by Gasteiger charge is -2.61. The van der Waals surface area contributed by atoms with E-state index in [4.69, 9.17) is 15.1 Å². The van der Waals surface area contributed by atoms with Crippen LogP contribution in [0, 0.1) is 17.3 Å². The third kappa shape index (κ3) is 6.05. The van der Waals surface area contributed by atoms with Crippen LogP contribution in [-0.4, -0.2) is 50.6 Å². The summed E-state index contributed by atoms with van der Waals surface area (Å²) in [7, 11) is -1.02. The van der Waals surface area contributed by atoms with Gasteiger partial charge in [-0.15, -0.1) is 5.10 Å². The molecule has 11 heteroatoms. The summed E-state index contributed by atoms with van der Waals surface area (Å²) in [4.78, 5) is 26.6. The van der Waals surface area contributed by atoms with Crippen molar-refractivity contribution < 1.29 is 24.0 Å². The second-order valence-corrected chi connectivity index (χ2v) is 13.7. The molecule has 1 aliphatic heterocycles. The third-order valence-electron chi connectivity index (χ3n) is 10.2. The minimum absolute atomic E-state index is 0.0648. The van der Waals surface area contributed by atoms with Crippen molar-refractivity contribution in [1.29, 1.82) is 0 Å². The van der Waals surface area contributed by atoms with E-state index in [0.717, 1.165) is 36.8 Å². The molecule has 4 aliphatic carbocycles. The van der Waals surface area contributed by atoms with E-state index in [2.05, 4.69) is 15.6 Å². The highest BCUT2D eigenvalue weighted by Crippen LogP contribution is 2.62. The molecule has 3 unspecified atom stereocenters. The highest BCUT2D eigenvalue weighted by molar-refractivity contribution is 6.61. The minimum atomic E-state index is -1.02. The molecule has 0 spiro atoms. The van der Waals surface area contributed by atoms with Gasteiger partial charge in [0.15, 0.2) is 0 Å². The molecule has 5 aliphatic rings. The van der Waals surface area contributed by atoms with E-state index in [1.165, 1.54) is 19.3 Å². The molecule has 4 saturated carbocycles. The maximum absolute atomic E-state index is 13.3. The van der Waals surface area contributed by atoms with Crippen LogP contribution in [0.1, 0.15) is 80.7 Å². The van der Waals surface area contributed by atoms with Crippen molar-refractivity contribution >= 4 is 24.5 Å². The van der Waals surface area contributed by atoms with Crippen molar-refractivity contribution in [1.82, 2.24) is 20.3 Å². The van der Waals surface area contributed by atoms with Crippen LogP contribution in [0.5, 0.6) is 0 Å². The quantitative estimate of drug-likeness (QED) is 0.226. The Morgan fingerprint density at radius 3 is 2.64 bits per heavy atom. The Bertz CT molecular complexity index is 1500. The van der Waals surface area contributed by atoms with Crippen molar-refractivity contribution in [2.24, 2.45) is 23.0 Å². The van der Waals surface area contributed by atoms with Crippen molar-refractivity contribution in [3.8, 4) is 0 Å². The number of hydrogen-bond donors (Lipinski definition) is 3. The molecule has 4 bridgehead atoms. The summed E-state index contributed by atoms with van der Waals surface area (Å²) in [6, 6.07) is 16.1. The molecule has 4 fully saturated rings. The topological polar surface area (TPSA) is 142 Å². The number of ether oxygens (including phenoxy) is 1. The smallest absolute Gasteiger partial charge is 0.459 e. The molecule has 2 heterocycles. The highest BCUT2D eigenvalue weighted by Gasteiger charge is 2.55. The van der Waals surface area contributed by atoms with Gasteiger partial charge in [0.2, 0.25) is 5.91 Å². The number of nitrogens with one attached hydrogen (secondary N) is 1. The molecular formula is C33H40BN5O5. The molecule has 0 radical (unpaired) electrons. The Balaban J connectivity index is 0.997. The lowest BCUT2D eigenvalue weighted by molar-refractivity contribution is -0.149. The van der Waals surface area contributed by atoms with E-state index < -0.39 is 25.2 Å². The Hall–Kier alpha value is -3.54. The summed E-state index contributed by atoms with van der Waals surface area (Å²) >= 11 is 0. The fraction of sp³-hybridized carbons (Fsp3) is 0.515. The van der Waals surface area contributed by atoms with E-state index >= 15 is 0 Å². The van der Waals surface area contributed by atoms with Gasteiger partial charge in [0.05, 0.1) is 6.20 Å². The predicted molar refractivity (Wildman–Crippen MR) is 163 cm³/mol. The third-order valence-corrected chi connectivity index (χ3v) is 10.2. The van der Waals surface area contributed by atoms with Gasteiger partial charge < -0.3 is 25.5 Å². The number of amides is 1. The van der Waals surface area contributed by atoms with Gasteiger partial charge in [-0.05, 0) is 85.2 Å². The van der Waals surface area contributed by atoms with Crippen LogP contribution in [0.15, 0.2) is 60.8 Å². The normalized spacial score (nSPS) is 29.0. The number of benzene rings is 2. The first-order chi connectivity index (χ1) is 21.3. The largest absolute Gasteiger partial charge is 0.492 e. The van der Waals surface area contributed by atoms with Crippen LogP contribution >= 0.6 is 0 Å². The summed E-state index contributed by atoms with van der Waals surface area (Å²) in [5.41, 5.74) is 9.87. The van der Waals surface area contributed by atoms with Crippen LogP contribution in [-0.2, 0) is 32.1 Å². The molecule has 0 saturated heterocycles. The van der Waals surface area contributed by atoms with Crippen molar-refractivity contribution in [3.05, 3.63) is 77.6 Å². The lowest BCUT2D eigenvalue weighted by atomic mass is 9.46. The molecule has 8 rings (SSSR count). The number of hydrogen-bond acceptors (Lipinski definition) is 8. The standard InChI is InChI=1S/C33H40BN5O5/c35-33-17-23-14-24(18-33)16-32(15-23,21-33)12-10-29(40)36-27(31(41)43-20-22-6-2-1-3-7-22)11-13-39-19-28(37-38-39)30-25-8-4-5-9-26(25)34(42)44-30/h1-9,19,23-24,27,30,42H,10-18,20-21,35H2,(H,36,40)/t23-,24+,27-,30?,32?,33?/m0/s1. The molecule has 10 nitrogen and oxygen atoms in total. The van der Waals surface area contributed by atoms with Crippen molar-refractivity contribution in [3.63, 3.8) is 0 Å². The number of aryl methyl sites for hydroxylation is 1. The zero-order valence-electron chi connectivity index (χ0n) is 24.9. The number of nitrogens with two attached hydrogens (primary N) is 1. The van der Waals surface area contributed by atoms with Crippen LogP contribution in [0.2, 0.25) is 0 Å². The first kappa shape index (κ1) is 29.2. The molecule has 1 amide bonds. The molecule has 4 N–H and O–H groups in total. The van der Waals surface area contributed by atoms with Gasteiger partial charge in [0, 0.05) is 18.5 Å². The Morgan fingerprint density at radius 2 is 1.86 bits per heavy atom. The summed E-state index contributed by atoms with van der Waals surface area (Å²) in [5, 5.41) is 21.8. The fourth-order valence-electron chi connectivity index (χ4n) is 8.83. The van der Waals surface area contributed by atoms with Gasteiger partial charge in [-0.1, -0.05) is 59.8 Å². The number of fused-ring (bicyclic) bond motifs is 1. The van der Waals surface area contributed by atoms with E-state index in [9.17, 15) is 14.6 Å². The zero-order valence-corrected chi connectivity index (χ0v) is 24.9. The molecule has 230 valence electrons. The number of carbonyl (C=O) groups is 2. The zero-order chi connectivity index (χ0) is 30.3. The van der Waals surface area contributed by atoms with Gasteiger partial charge in [0.1, 0.15) is 24.4 Å². The second kappa shape index (κ2) is 11.8. The number of nitrogens with zero attached hydrogens (tertiary/aromatic N) is 3. The van der Waals surface area contributed by atoms with Crippen LogP contribution in [0.25, 0.3) is 0 Å². The second-order valence-electron chi connectivity index (χ2n) is 13.7. The molecule has 3 aromatic rings. The monoisotopic (exact) mass is 597 g/mol. The molecule has 2 aromatic carbocycles. The SMILES string of the molecule is NC12C[C@H]3C[C@@H](C1)CC(CCC(=O)N[C@@H](CCn1cc(C4OB(O)c5ccccc54)nn1)C(=O)OCc1ccccc1)(C3)C2. The number of aromatic nitrogens is 3. The Morgan fingerprint density at radius 1 is 1.11 bits per heavy atom. The van der Waals surface area contributed by atoms with Gasteiger partial charge in [-0.2, -0.15) is 0 Å². The van der Waals surface area contributed by atoms with Crippen molar-refractivity contribution in [2.75, 3.05) is 0 Å². The highest BCUT2D eigenvalue weighted by atomic mass is 16.5. The van der Waals surface area contributed by atoms with Crippen LogP contribution < -0.4 is 16.5 Å². The lowest BCUT2D eigenvalue weighted by Crippen LogP contribution is -2.60. The maximum Gasteiger partial charge on any atom is 0.492 e. The summed E-state index contributed by atoms with van der Waals surface area (Å²) < 4.78 is 13.0. The fourth-order valence-corrected chi connectivity index (χ4v) is 8.83. The molecule has 6 atom stereocenters. The summed E-state index contributed by atoms with van der Waals surface area (Å²) in [6.07, 6.45) is 9.54. The molecular weight excluding hydrogens is 557 g/mol. The van der Waals surface area contributed by atoms with Gasteiger partial charge >= 0.3 is 13.1 Å². The predicted octanol–water partition coefficient (Wildman–Crippen LogP) is 2.78. The summed E-state index contributed by atoms with van der Waals surface area (Å²) in [5.74, 6) is 0.750. The van der Waals surface area contributed by atoms with Crippen LogP contribution in [0.4, 0.5) is 0 Å². The maximum atomic E-state index is 13.3. The minimum Gasteiger partial charge on any atom is -0.459 e. The number of esters is 1. The average Bonchev–Trinajstić information content (AvgIpc) is 3.61. The summed E-state index contributed by atoms with van der Waals surface area (Å²) in [6.45, 7) is 0.461. The van der Waals surface area contributed by atoms with Crippen molar-refractivity contribution in [2.45, 2.75) is 88.6 Å². The Kier molecular flexibility index (Phi) is 7.80. The van der Waals surface area contributed by atoms with Gasteiger partial charge in [-0.3, -0.25) is 9.48 Å². The molecule has 44 heavy (non-hydrogen) atoms. The average molecular weight is 598 g/mol. The van der Waals surface area contributed by atoms with Crippen LogP contribution in [0.3, 0.4) is 0 Å². The number of carbonyl (C=O) groups excluding carboxylic acids is 2. The van der Waals surface area contributed by atoms with Gasteiger partial charge in [0.25, 0.3) is 0 Å². The van der Waals surface area contributed by atoms with E-state index in [1.807, 2.05) is 54.6 Å². The number of rotatable bonds is 11. The Labute approximate surface area is 257 Å². The molecule has 1 aromatic heterocycles. The van der Waals surface area contributed by atoms with Gasteiger partial charge in [-0.25, -0.2) is 4.79 Å². The van der Waals surface area contributed by atoms with E-state index in [1.54, 1.807) is 10.9 Å². The first-order valence-electron chi connectivity index (χ1n) is 15.9. The van der Waals surface area contributed by atoms with E-state index in [-0.39, 0.29) is 29.9 Å². The first-order valence-corrected chi connectivity index (χ1v) is 15.9.